The predicted octanol–water partition coefficient (Wildman–Crippen LogP) is 5.95. The van der Waals surface area contributed by atoms with Crippen molar-refractivity contribution in [2.75, 3.05) is 0 Å². The zero-order chi connectivity index (χ0) is 55.2. The largest absolute Gasteiger partial charge is 0.489 e. The zero-order valence-corrected chi connectivity index (χ0v) is 43.3. The summed E-state index contributed by atoms with van der Waals surface area (Å²) in [6, 6.07) is 23.2. The second kappa shape index (κ2) is 23.7. The summed E-state index contributed by atoms with van der Waals surface area (Å²) in [5.41, 5.74) is 0.203. The third-order valence-corrected chi connectivity index (χ3v) is 12.8. The minimum atomic E-state index is -4.83. The van der Waals surface area contributed by atoms with Gasteiger partial charge in [0.05, 0.1) is 12.2 Å². The summed E-state index contributed by atoms with van der Waals surface area (Å²) in [5.74, 6) is -6.82. The average molecular weight is 1080 g/mol. The van der Waals surface area contributed by atoms with Crippen molar-refractivity contribution in [1.82, 2.24) is 0 Å². The molecule has 3 heterocycles. The summed E-state index contributed by atoms with van der Waals surface area (Å²) in [7, 11) is -4.83. The van der Waals surface area contributed by atoms with Gasteiger partial charge in [-0.05, 0) is 62.7 Å². The minimum Gasteiger partial charge on any atom is -0.489 e. The first kappa shape index (κ1) is 55.7. The van der Waals surface area contributed by atoms with Crippen LogP contribution < -0.4 is 23.8 Å². The Hall–Kier alpha value is -8.02. The molecule has 2 saturated heterocycles. The highest BCUT2D eigenvalue weighted by atomic mass is 32.2. The molecule has 2 fully saturated rings. The molecule has 2 aliphatic heterocycles. The van der Waals surface area contributed by atoms with Gasteiger partial charge >= 0.3 is 45.9 Å². The number of aryl methyl sites for hydroxylation is 1. The summed E-state index contributed by atoms with van der Waals surface area (Å²) in [5, 5.41) is -0.575. The van der Waals surface area contributed by atoms with Crippen molar-refractivity contribution in [2.45, 2.75) is 135 Å². The Bertz CT molecular complexity index is 3140. The highest BCUT2D eigenvalue weighted by Gasteiger charge is 2.53. The lowest BCUT2D eigenvalue weighted by Gasteiger charge is -2.43. The number of hydrogen-bond donors (Lipinski definition) is 0. The zero-order valence-electron chi connectivity index (χ0n) is 42.5. The van der Waals surface area contributed by atoms with Gasteiger partial charge in [-0.15, -0.1) is 0 Å². The Morgan fingerprint density at radius 2 is 1.03 bits per heavy atom. The van der Waals surface area contributed by atoms with Crippen LogP contribution in [0.15, 0.2) is 105 Å². The van der Waals surface area contributed by atoms with Crippen LogP contribution in [-0.2, 0) is 83.4 Å². The lowest BCUT2D eigenvalue weighted by molar-refractivity contribution is -0.280. The molecule has 4 aromatic carbocycles. The van der Waals surface area contributed by atoms with Crippen molar-refractivity contribution in [3.63, 3.8) is 0 Å². The predicted molar refractivity (Wildman–Crippen MR) is 261 cm³/mol. The summed E-state index contributed by atoms with van der Waals surface area (Å²) < 4.78 is 105. The first-order valence-electron chi connectivity index (χ1n) is 23.6. The Labute approximate surface area is 435 Å². The number of carbonyl (C=O) groups excluding carboxylic acids is 6. The molecular formula is C53H54O22S. The van der Waals surface area contributed by atoms with Gasteiger partial charge in [-0.2, -0.15) is 8.42 Å². The second-order valence-corrected chi connectivity index (χ2v) is 19.2. The van der Waals surface area contributed by atoms with Gasteiger partial charge in [0.2, 0.25) is 36.0 Å². The van der Waals surface area contributed by atoms with Crippen LogP contribution in [-0.4, -0.2) is 106 Å². The smallest absolute Gasteiger partial charge is 0.339 e. The molecule has 1 aromatic heterocycles. The van der Waals surface area contributed by atoms with Gasteiger partial charge in [0, 0.05) is 59.2 Å². The monoisotopic (exact) mass is 1070 g/mol. The molecule has 0 amide bonds. The van der Waals surface area contributed by atoms with Crippen molar-refractivity contribution in [1.29, 1.82) is 0 Å². The molecule has 5 aromatic rings. The molecule has 0 spiro atoms. The maximum Gasteiger partial charge on any atom is 0.339 e. The van der Waals surface area contributed by atoms with E-state index < -0.39 is 135 Å². The summed E-state index contributed by atoms with van der Waals surface area (Å²) in [4.78, 5) is 90.0. The normalized spacial score (nSPS) is 23.2. The summed E-state index contributed by atoms with van der Waals surface area (Å²) in [6.07, 6.45) is -14.9. The maximum absolute atomic E-state index is 15.5. The Kier molecular flexibility index (Phi) is 17.4. The van der Waals surface area contributed by atoms with E-state index in [1.807, 2.05) is 30.3 Å². The quantitative estimate of drug-likeness (QED) is 0.0590. The molecule has 404 valence electrons. The molecule has 0 saturated carbocycles. The molecule has 76 heavy (non-hydrogen) atoms. The second-order valence-electron chi connectivity index (χ2n) is 17.6. The van der Waals surface area contributed by atoms with Gasteiger partial charge in [-0.1, -0.05) is 48.0 Å². The number of rotatable bonds is 17. The van der Waals surface area contributed by atoms with Gasteiger partial charge in [-0.25, -0.2) is 0 Å². The lowest BCUT2D eigenvalue weighted by Crippen LogP contribution is -2.62. The first-order chi connectivity index (χ1) is 36.0. The fourth-order valence-electron chi connectivity index (χ4n) is 8.37. The molecule has 7 rings (SSSR count). The van der Waals surface area contributed by atoms with Gasteiger partial charge in [0.25, 0.3) is 0 Å². The Morgan fingerprint density at radius 3 is 1.53 bits per heavy atom. The van der Waals surface area contributed by atoms with E-state index in [0.717, 1.165) is 59.2 Å². The molecule has 10 atom stereocenters. The molecule has 0 radical (unpaired) electrons. The van der Waals surface area contributed by atoms with Crippen LogP contribution >= 0.6 is 0 Å². The number of hydrogen-bond acceptors (Lipinski definition) is 22. The van der Waals surface area contributed by atoms with E-state index in [1.54, 1.807) is 19.1 Å². The number of esters is 6. The van der Waals surface area contributed by atoms with Crippen molar-refractivity contribution >= 4 is 56.9 Å². The van der Waals surface area contributed by atoms with Crippen LogP contribution in [0.3, 0.4) is 0 Å². The molecule has 0 aliphatic carbocycles. The van der Waals surface area contributed by atoms with E-state index in [-0.39, 0.29) is 28.6 Å². The number of benzene rings is 4. The lowest BCUT2D eigenvalue weighted by atomic mass is 9.98. The SMILES string of the molecule is CC(=O)O[C@@H]1[C@@H](OC(C)=O)[C@H](C)O[C@@H](Oc2cc(OS(=O)(=O)c3ccc(C)cc3)c3c(=O)c(O[C@@H]4O[C@@H](C)[C@H](OC(C)=O)[C@@H](OC(C)=O)[C@H]4OC(C)=O)c(-c4ccc(OCc5ccccc5)cc4)oc3c2)[C@@H]1OC(C)=O. The van der Waals surface area contributed by atoms with Crippen molar-refractivity contribution < 1.29 is 97.9 Å². The van der Waals surface area contributed by atoms with E-state index in [2.05, 4.69) is 0 Å². The van der Waals surface area contributed by atoms with Crippen molar-refractivity contribution in [3.05, 3.63) is 112 Å². The van der Waals surface area contributed by atoms with Crippen LogP contribution in [0.1, 0.15) is 66.5 Å². The highest BCUT2D eigenvalue weighted by Crippen LogP contribution is 2.41. The molecule has 2 aliphatic rings. The fourth-order valence-corrected chi connectivity index (χ4v) is 9.30. The average Bonchev–Trinajstić information content (AvgIpc) is 3.35. The molecule has 0 bridgehead atoms. The molecule has 0 N–H and O–H groups in total. The van der Waals surface area contributed by atoms with Crippen LogP contribution in [0.25, 0.3) is 22.3 Å². The third-order valence-electron chi connectivity index (χ3n) is 11.5. The van der Waals surface area contributed by atoms with E-state index in [1.165, 1.54) is 50.2 Å². The maximum atomic E-state index is 15.5. The third kappa shape index (κ3) is 13.4. The van der Waals surface area contributed by atoms with Crippen molar-refractivity contribution in [3.8, 4) is 34.3 Å². The molecular weight excluding hydrogens is 1020 g/mol. The van der Waals surface area contributed by atoms with Crippen LogP contribution in [0, 0.1) is 6.92 Å². The first-order valence-corrected chi connectivity index (χ1v) is 25.0. The van der Waals surface area contributed by atoms with E-state index >= 15 is 4.79 Å². The molecule has 22 nitrogen and oxygen atoms in total. The standard InChI is InChI=1S/C53H54O22S/c1-26-15-21-39(22-16-26)76(61,62)75-41-24-38(72-52-50(70-33(8)58)48(68-31(6)56)44(27(2)64-52)66-29(4)54)23-40-42(41)43(60)47(46(73-40)36-17-19-37(20-18-36)63-25-35-13-11-10-12-14-35)74-53-51(71-34(9)59)49(69-32(7)57)45(28(3)65-53)67-30(5)55/h10-24,27-28,44-45,48-53H,25H2,1-9H3/t27-,28-,44-,45-,48+,49+,50+,51+,52-,53-/m0/s1. The Balaban J connectivity index is 1.44. The van der Waals surface area contributed by atoms with E-state index in [9.17, 15) is 37.2 Å². The number of carbonyl (C=O) groups is 6. The van der Waals surface area contributed by atoms with Gasteiger partial charge in [-0.3, -0.25) is 33.6 Å². The molecule has 23 heteroatoms. The van der Waals surface area contributed by atoms with Gasteiger partial charge < -0.3 is 60.7 Å². The van der Waals surface area contributed by atoms with Crippen molar-refractivity contribution in [2.24, 2.45) is 0 Å². The Morgan fingerprint density at radius 1 is 0.553 bits per heavy atom. The van der Waals surface area contributed by atoms with Gasteiger partial charge in [0.1, 0.15) is 34.0 Å². The summed E-state index contributed by atoms with van der Waals surface area (Å²) >= 11 is 0. The molecule has 0 unspecified atom stereocenters. The van der Waals surface area contributed by atoms with E-state index in [0.29, 0.717) is 11.3 Å². The fraction of sp³-hybridized carbons (Fsp3) is 0.377. The minimum absolute atomic E-state index is 0.143. The van der Waals surface area contributed by atoms with Crippen LogP contribution in [0.4, 0.5) is 0 Å². The van der Waals surface area contributed by atoms with E-state index in [4.69, 9.17) is 60.7 Å². The van der Waals surface area contributed by atoms with Gasteiger partial charge in [0.15, 0.2) is 35.9 Å². The highest BCUT2D eigenvalue weighted by molar-refractivity contribution is 7.87. The van der Waals surface area contributed by atoms with Crippen LogP contribution in [0.2, 0.25) is 0 Å². The topological polar surface area (TPSA) is 278 Å². The number of fused-ring (bicyclic) bond motifs is 1. The summed E-state index contributed by atoms with van der Waals surface area (Å²) in [6.45, 7) is 11.3. The van der Waals surface area contributed by atoms with Crippen LogP contribution in [0.5, 0.6) is 23.0 Å². The number of ether oxygens (including phenoxy) is 11.